The molecule has 1 aromatic rings. The van der Waals surface area contributed by atoms with Gasteiger partial charge in [0.25, 0.3) is 0 Å². The number of hydrogen-bond acceptors (Lipinski definition) is 6. The molecule has 116 valence electrons. The van der Waals surface area contributed by atoms with Gasteiger partial charge in [0.05, 0.1) is 17.9 Å². The van der Waals surface area contributed by atoms with Gasteiger partial charge in [0, 0.05) is 17.5 Å². The molecule has 5 nitrogen and oxygen atoms in total. The molecule has 6 heteroatoms. The van der Waals surface area contributed by atoms with Crippen molar-refractivity contribution in [2.45, 2.75) is 51.3 Å². The molecule has 0 radical (unpaired) electrons. The molecular weight excluding hydrogens is 286 g/mol. The van der Waals surface area contributed by atoms with E-state index in [-0.39, 0.29) is 5.97 Å². The fourth-order valence-corrected chi connectivity index (χ4v) is 3.73. The van der Waals surface area contributed by atoms with Crippen molar-refractivity contribution in [1.82, 2.24) is 9.97 Å². The van der Waals surface area contributed by atoms with E-state index >= 15 is 0 Å². The molecule has 2 unspecified atom stereocenters. The Labute approximate surface area is 130 Å². The maximum Gasteiger partial charge on any atom is 0.341 e. The Balaban J connectivity index is 1.96. The SMILES string of the molecule is CCOC(=O)c1cnc(NC2CCC(SCC)C2)nc1C. The zero-order valence-electron chi connectivity index (χ0n) is 12.9. The van der Waals surface area contributed by atoms with Gasteiger partial charge in [-0.15, -0.1) is 0 Å². The normalized spacial score (nSPS) is 21.3. The van der Waals surface area contributed by atoms with Crippen LogP contribution in [0.5, 0.6) is 0 Å². The van der Waals surface area contributed by atoms with Crippen LogP contribution in [0.3, 0.4) is 0 Å². The van der Waals surface area contributed by atoms with Gasteiger partial charge < -0.3 is 10.1 Å². The van der Waals surface area contributed by atoms with E-state index in [0.717, 1.165) is 18.1 Å². The van der Waals surface area contributed by atoms with Crippen molar-refractivity contribution in [3.63, 3.8) is 0 Å². The van der Waals surface area contributed by atoms with E-state index in [0.29, 0.717) is 29.9 Å². The summed E-state index contributed by atoms with van der Waals surface area (Å²) in [4.78, 5) is 20.3. The molecule has 0 saturated heterocycles. The van der Waals surface area contributed by atoms with Crippen molar-refractivity contribution in [2.75, 3.05) is 17.7 Å². The van der Waals surface area contributed by atoms with Crippen LogP contribution in [0.25, 0.3) is 0 Å². The molecule has 1 heterocycles. The van der Waals surface area contributed by atoms with E-state index in [1.54, 1.807) is 13.1 Å². The average Bonchev–Trinajstić information content (AvgIpc) is 2.87. The first-order chi connectivity index (χ1) is 10.1. The van der Waals surface area contributed by atoms with Crippen molar-refractivity contribution in [2.24, 2.45) is 0 Å². The van der Waals surface area contributed by atoms with Gasteiger partial charge in [-0.25, -0.2) is 14.8 Å². The molecule has 1 aliphatic rings. The van der Waals surface area contributed by atoms with Gasteiger partial charge in [0.2, 0.25) is 5.95 Å². The highest BCUT2D eigenvalue weighted by atomic mass is 32.2. The number of hydrogen-bond donors (Lipinski definition) is 1. The lowest BCUT2D eigenvalue weighted by molar-refractivity contribution is 0.0524. The highest BCUT2D eigenvalue weighted by molar-refractivity contribution is 7.99. The largest absolute Gasteiger partial charge is 0.462 e. The summed E-state index contributed by atoms with van der Waals surface area (Å²) in [6.07, 6.45) is 5.10. The van der Waals surface area contributed by atoms with Gasteiger partial charge in [-0.2, -0.15) is 11.8 Å². The Morgan fingerprint density at radius 3 is 2.95 bits per heavy atom. The van der Waals surface area contributed by atoms with Crippen LogP contribution in [0.2, 0.25) is 0 Å². The highest BCUT2D eigenvalue weighted by Gasteiger charge is 2.25. The van der Waals surface area contributed by atoms with Crippen LogP contribution in [0.4, 0.5) is 5.95 Å². The van der Waals surface area contributed by atoms with E-state index in [4.69, 9.17) is 4.74 Å². The molecule has 2 atom stereocenters. The molecule has 21 heavy (non-hydrogen) atoms. The van der Waals surface area contributed by atoms with Gasteiger partial charge in [-0.05, 0) is 38.9 Å². The lowest BCUT2D eigenvalue weighted by atomic mass is 10.2. The van der Waals surface area contributed by atoms with Crippen molar-refractivity contribution in [3.05, 3.63) is 17.5 Å². The third kappa shape index (κ3) is 4.33. The topological polar surface area (TPSA) is 64.1 Å². The molecule has 0 spiro atoms. The molecule has 0 aromatic carbocycles. The molecule has 1 fully saturated rings. The van der Waals surface area contributed by atoms with Crippen LogP contribution in [-0.4, -0.2) is 39.6 Å². The summed E-state index contributed by atoms with van der Waals surface area (Å²) in [6.45, 7) is 6.15. The van der Waals surface area contributed by atoms with Crippen LogP contribution >= 0.6 is 11.8 Å². The van der Waals surface area contributed by atoms with Crippen molar-refractivity contribution in [1.29, 1.82) is 0 Å². The molecule has 1 N–H and O–H groups in total. The minimum absolute atomic E-state index is 0.358. The van der Waals surface area contributed by atoms with Gasteiger partial charge in [0.15, 0.2) is 0 Å². The smallest absolute Gasteiger partial charge is 0.341 e. The lowest BCUT2D eigenvalue weighted by Crippen LogP contribution is -2.19. The molecule has 1 saturated carbocycles. The number of esters is 1. The summed E-state index contributed by atoms with van der Waals surface area (Å²) in [5.41, 5.74) is 1.09. The van der Waals surface area contributed by atoms with Crippen molar-refractivity contribution in [3.8, 4) is 0 Å². The van der Waals surface area contributed by atoms with Crippen LogP contribution in [0.1, 0.15) is 49.2 Å². The molecule has 1 aliphatic carbocycles. The standard InChI is InChI=1S/C15H23N3O2S/c1-4-20-14(19)13-9-16-15(17-10(13)3)18-11-6-7-12(8-11)21-5-2/h9,11-12H,4-8H2,1-3H3,(H,16,17,18). The number of rotatable bonds is 6. The monoisotopic (exact) mass is 309 g/mol. The highest BCUT2D eigenvalue weighted by Crippen LogP contribution is 2.31. The number of aryl methyl sites for hydroxylation is 1. The summed E-state index contributed by atoms with van der Waals surface area (Å²) in [7, 11) is 0. The zero-order valence-corrected chi connectivity index (χ0v) is 13.7. The molecule has 2 rings (SSSR count). The second-order valence-corrected chi connectivity index (χ2v) is 6.72. The van der Waals surface area contributed by atoms with Crippen LogP contribution in [0, 0.1) is 6.92 Å². The number of ether oxygens (including phenoxy) is 1. The average molecular weight is 309 g/mol. The van der Waals surface area contributed by atoms with Gasteiger partial charge in [-0.1, -0.05) is 6.92 Å². The Bertz CT molecular complexity index is 496. The first-order valence-corrected chi connectivity index (χ1v) is 8.57. The fourth-order valence-electron chi connectivity index (χ4n) is 2.59. The molecule has 0 aliphatic heterocycles. The van der Waals surface area contributed by atoms with Crippen molar-refractivity contribution < 1.29 is 9.53 Å². The van der Waals surface area contributed by atoms with Crippen LogP contribution < -0.4 is 5.32 Å². The van der Waals surface area contributed by atoms with Gasteiger partial charge in [-0.3, -0.25) is 0 Å². The lowest BCUT2D eigenvalue weighted by Gasteiger charge is -2.14. The summed E-state index contributed by atoms with van der Waals surface area (Å²) >= 11 is 2.03. The Morgan fingerprint density at radius 2 is 2.29 bits per heavy atom. The van der Waals surface area contributed by atoms with E-state index in [1.807, 2.05) is 18.7 Å². The third-order valence-corrected chi connectivity index (χ3v) is 4.83. The molecule has 0 bridgehead atoms. The summed E-state index contributed by atoms with van der Waals surface area (Å²) < 4.78 is 4.98. The number of carbonyl (C=O) groups excluding carboxylic acids is 1. The van der Waals surface area contributed by atoms with E-state index < -0.39 is 0 Å². The fraction of sp³-hybridized carbons (Fsp3) is 0.667. The predicted octanol–water partition coefficient (Wildman–Crippen LogP) is 3.05. The quantitative estimate of drug-likeness (QED) is 0.815. The Hall–Kier alpha value is -1.30. The first kappa shape index (κ1) is 16.1. The number of nitrogens with zero attached hydrogens (tertiary/aromatic N) is 2. The number of aromatic nitrogens is 2. The number of thioether (sulfide) groups is 1. The summed E-state index contributed by atoms with van der Waals surface area (Å²) in [5.74, 6) is 1.41. The van der Waals surface area contributed by atoms with E-state index in [1.165, 1.54) is 12.2 Å². The minimum Gasteiger partial charge on any atom is -0.462 e. The van der Waals surface area contributed by atoms with Gasteiger partial charge >= 0.3 is 5.97 Å². The summed E-state index contributed by atoms with van der Waals surface area (Å²) in [5, 5.41) is 4.12. The van der Waals surface area contributed by atoms with E-state index in [2.05, 4.69) is 22.2 Å². The Morgan fingerprint density at radius 1 is 1.48 bits per heavy atom. The van der Waals surface area contributed by atoms with Crippen molar-refractivity contribution >= 4 is 23.7 Å². The maximum absolute atomic E-state index is 11.7. The van der Waals surface area contributed by atoms with Crippen LogP contribution in [0.15, 0.2) is 6.20 Å². The molecule has 1 aromatic heterocycles. The summed E-state index contributed by atoms with van der Waals surface area (Å²) in [6, 6.07) is 0.432. The second kappa shape index (κ2) is 7.64. The van der Waals surface area contributed by atoms with Gasteiger partial charge in [0.1, 0.15) is 0 Å². The predicted molar refractivity (Wildman–Crippen MR) is 85.9 cm³/mol. The van der Waals surface area contributed by atoms with E-state index in [9.17, 15) is 4.79 Å². The third-order valence-electron chi connectivity index (χ3n) is 3.59. The Kier molecular flexibility index (Phi) is 5.85. The number of nitrogens with one attached hydrogen (secondary N) is 1. The molecule has 0 amide bonds. The first-order valence-electron chi connectivity index (χ1n) is 7.52. The molecular formula is C15H23N3O2S. The minimum atomic E-state index is -0.359. The van der Waals surface area contributed by atoms with Crippen LogP contribution in [-0.2, 0) is 4.74 Å². The number of anilines is 1. The maximum atomic E-state index is 11.7. The second-order valence-electron chi connectivity index (χ2n) is 5.14. The number of carbonyl (C=O) groups is 1. The zero-order chi connectivity index (χ0) is 15.2.